The first-order chi connectivity index (χ1) is 20.5. The number of nitrogens with zero attached hydrogens (tertiary/aromatic N) is 3. The molecule has 0 atom stereocenters. The number of Topliss-reactive ketones (excluding diaryl/α,β-unsaturated/α-hetero) is 1. The van der Waals surface area contributed by atoms with Crippen LogP contribution in [0.5, 0.6) is 0 Å². The van der Waals surface area contributed by atoms with E-state index in [9.17, 15) is 27.7 Å². The Morgan fingerprint density at radius 2 is 1.72 bits per heavy atom. The largest absolute Gasteiger partial charge is 0.481 e. The van der Waals surface area contributed by atoms with Crippen LogP contribution in [0, 0.1) is 17.1 Å². The minimum atomic E-state index is -3.94. The smallest absolute Gasteiger partial charge is 0.300 e. The van der Waals surface area contributed by atoms with Crippen molar-refractivity contribution in [1.29, 1.82) is 5.26 Å². The number of rotatable bonds is 10. The van der Waals surface area contributed by atoms with E-state index in [1.165, 1.54) is 46.7 Å². The number of aromatic nitrogens is 1. The number of amides is 1. The third-order valence-electron chi connectivity index (χ3n) is 6.62. The number of pyridine rings is 1. The molecule has 0 unspecified atom stereocenters. The Morgan fingerprint density at radius 1 is 1.09 bits per heavy atom. The molecule has 4 rings (SSSR count). The number of halogens is 1. The van der Waals surface area contributed by atoms with Gasteiger partial charge in [-0.3, -0.25) is 19.4 Å². The van der Waals surface area contributed by atoms with Gasteiger partial charge in [-0.05, 0) is 42.2 Å². The Morgan fingerprint density at radius 3 is 2.33 bits per heavy atom. The van der Waals surface area contributed by atoms with Crippen LogP contribution in [-0.4, -0.2) is 65.9 Å². The van der Waals surface area contributed by atoms with Crippen LogP contribution in [0.2, 0.25) is 0 Å². The van der Waals surface area contributed by atoms with Crippen molar-refractivity contribution in [2.75, 3.05) is 25.4 Å². The number of carbonyl (C=O) groups excluding carboxylic acids is 2. The number of benzene rings is 2. The van der Waals surface area contributed by atoms with E-state index in [-0.39, 0.29) is 47.4 Å². The van der Waals surface area contributed by atoms with E-state index < -0.39 is 27.3 Å². The summed E-state index contributed by atoms with van der Waals surface area (Å²) in [6.07, 6.45) is 3.13. The Labute approximate surface area is 254 Å². The lowest BCUT2D eigenvalue weighted by Gasteiger charge is -2.36. The number of ketones is 1. The van der Waals surface area contributed by atoms with Gasteiger partial charge in [0.1, 0.15) is 10.7 Å². The number of nitrogens with one attached hydrogen (secondary N) is 1. The summed E-state index contributed by atoms with van der Waals surface area (Å²) in [7, 11) is -3.94. The van der Waals surface area contributed by atoms with E-state index in [0.29, 0.717) is 18.6 Å². The minimum absolute atomic E-state index is 0.0236. The monoisotopic (exact) mass is 626 g/mol. The molecule has 1 saturated heterocycles. The van der Waals surface area contributed by atoms with Gasteiger partial charge in [0, 0.05) is 38.2 Å². The predicted molar refractivity (Wildman–Crippen MR) is 159 cm³/mol. The fourth-order valence-corrected chi connectivity index (χ4v) is 6.65. The Bertz CT molecular complexity index is 1570. The standard InChI is InChI=1S/C28H27FN4O4S2.C2H4O2/c29-24-8-6-21(7-9-24)18-38-19-25(34)16-32-27(35)22-14-26(17-31-15-22)39(36,37)33-12-10-28(20-30,11-13-33)23-4-2-1-3-5-23;1-2(3)4/h1-9,14-15,17H,10-13,16,18-19H2,(H,32,35);1H3,(H,3,4). The first-order valence-corrected chi connectivity index (χ1v) is 15.8. The van der Waals surface area contributed by atoms with Crippen LogP contribution in [0.1, 0.15) is 41.3 Å². The summed E-state index contributed by atoms with van der Waals surface area (Å²) in [5.41, 5.74) is 1.02. The molecule has 1 aromatic heterocycles. The number of carboxylic acids is 1. The lowest BCUT2D eigenvalue weighted by atomic mass is 9.74. The molecule has 1 aliphatic heterocycles. The number of sulfonamides is 1. The van der Waals surface area contributed by atoms with Gasteiger partial charge in [-0.15, -0.1) is 11.8 Å². The number of aliphatic carboxylic acids is 1. The van der Waals surface area contributed by atoms with Crippen LogP contribution in [0.25, 0.3) is 0 Å². The van der Waals surface area contributed by atoms with Crippen LogP contribution < -0.4 is 5.32 Å². The van der Waals surface area contributed by atoms with Crippen molar-refractivity contribution in [1.82, 2.24) is 14.6 Å². The van der Waals surface area contributed by atoms with Crippen LogP contribution in [0.3, 0.4) is 0 Å². The molecule has 0 spiro atoms. The SMILES string of the molecule is CC(=O)O.N#CC1(c2ccccc2)CCN(S(=O)(=O)c2cncc(C(=O)NCC(=O)CSCc3ccc(F)cc3)c2)CC1. The highest BCUT2D eigenvalue weighted by atomic mass is 32.2. The van der Waals surface area contributed by atoms with Crippen LogP contribution >= 0.6 is 11.8 Å². The van der Waals surface area contributed by atoms with Crippen molar-refractivity contribution < 1.29 is 32.3 Å². The first-order valence-electron chi connectivity index (χ1n) is 13.2. The van der Waals surface area contributed by atoms with E-state index >= 15 is 0 Å². The number of piperidine rings is 1. The second-order valence-corrected chi connectivity index (χ2v) is 12.7. The van der Waals surface area contributed by atoms with Crippen LogP contribution in [0.15, 0.2) is 78.0 Å². The Balaban J connectivity index is 0.00000119. The van der Waals surface area contributed by atoms with Gasteiger partial charge in [0.25, 0.3) is 11.9 Å². The number of thioether (sulfide) groups is 1. The van der Waals surface area contributed by atoms with Crippen molar-refractivity contribution in [3.8, 4) is 6.07 Å². The third-order valence-corrected chi connectivity index (χ3v) is 9.55. The summed E-state index contributed by atoms with van der Waals surface area (Å²) in [5, 5.41) is 19.8. The highest BCUT2D eigenvalue weighted by Gasteiger charge is 2.40. The molecule has 0 radical (unpaired) electrons. The number of hydrogen-bond acceptors (Lipinski definition) is 8. The van der Waals surface area contributed by atoms with Crippen LogP contribution in [0.4, 0.5) is 4.39 Å². The molecule has 2 N–H and O–H groups in total. The number of hydrogen-bond donors (Lipinski definition) is 2. The van der Waals surface area contributed by atoms with E-state index in [1.807, 2.05) is 30.3 Å². The zero-order chi connectivity index (χ0) is 31.5. The summed E-state index contributed by atoms with van der Waals surface area (Å²) in [5.74, 6) is -1.29. The molecule has 1 aliphatic rings. The average molecular weight is 627 g/mol. The molecular formula is C30H31FN4O6S2. The van der Waals surface area contributed by atoms with E-state index in [1.54, 1.807) is 12.1 Å². The summed E-state index contributed by atoms with van der Waals surface area (Å²) in [6.45, 7) is 1.19. The molecule has 43 heavy (non-hydrogen) atoms. The summed E-state index contributed by atoms with van der Waals surface area (Å²) >= 11 is 1.35. The van der Waals surface area contributed by atoms with Gasteiger partial charge in [0.15, 0.2) is 5.78 Å². The van der Waals surface area contributed by atoms with Gasteiger partial charge in [0.2, 0.25) is 10.0 Å². The maximum atomic E-state index is 13.3. The summed E-state index contributed by atoms with van der Waals surface area (Å²) in [4.78, 5) is 37.6. The van der Waals surface area contributed by atoms with Crippen molar-refractivity contribution in [2.24, 2.45) is 0 Å². The lowest BCUT2D eigenvalue weighted by molar-refractivity contribution is -0.134. The Kier molecular flexibility index (Phi) is 11.9. The number of carbonyl (C=O) groups is 3. The maximum absolute atomic E-state index is 13.3. The van der Waals surface area contributed by atoms with Gasteiger partial charge in [-0.1, -0.05) is 42.5 Å². The first kappa shape index (κ1) is 33.4. The Hall–Kier alpha value is -4.12. The highest BCUT2D eigenvalue weighted by Crippen LogP contribution is 2.36. The van der Waals surface area contributed by atoms with Gasteiger partial charge in [-0.2, -0.15) is 9.57 Å². The topological polar surface area (TPSA) is 158 Å². The average Bonchev–Trinajstić information content (AvgIpc) is 3.01. The second kappa shape index (κ2) is 15.4. The molecule has 226 valence electrons. The van der Waals surface area contributed by atoms with Gasteiger partial charge < -0.3 is 10.4 Å². The fraction of sp³-hybridized carbons (Fsp3) is 0.300. The molecule has 3 aromatic rings. The molecule has 0 bridgehead atoms. The lowest BCUT2D eigenvalue weighted by Crippen LogP contribution is -2.44. The number of nitriles is 1. The van der Waals surface area contributed by atoms with Crippen molar-refractivity contribution in [2.45, 2.75) is 35.8 Å². The molecule has 2 aromatic carbocycles. The minimum Gasteiger partial charge on any atom is -0.481 e. The van der Waals surface area contributed by atoms with E-state index in [2.05, 4.69) is 16.4 Å². The van der Waals surface area contributed by atoms with Crippen molar-refractivity contribution in [3.05, 3.63) is 95.6 Å². The summed E-state index contributed by atoms with van der Waals surface area (Å²) in [6, 6.07) is 19.0. The molecule has 1 fully saturated rings. The van der Waals surface area contributed by atoms with E-state index in [0.717, 1.165) is 18.1 Å². The van der Waals surface area contributed by atoms with Crippen LogP contribution in [-0.2, 0) is 30.8 Å². The maximum Gasteiger partial charge on any atom is 0.300 e. The molecule has 0 saturated carbocycles. The van der Waals surface area contributed by atoms with Gasteiger partial charge in [-0.25, -0.2) is 12.8 Å². The van der Waals surface area contributed by atoms with Gasteiger partial charge >= 0.3 is 0 Å². The molecule has 1 amide bonds. The number of carboxylic acid groups (broad SMARTS) is 1. The fourth-order valence-electron chi connectivity index (χ4n) is 4.36. The molecule has 13 heteroatoms. The summed E-state index contributed by atoms with van der Waals surface area (Å²) < 4.78 is 40.9. The molecule has 10 nitrogen and oxygen atoms in total. The zero-order valence-electron chi connectivity index (χ0n) is 23.4. The van der Waals surface area contributed by atoms with Crippen molar-refractivity contribution >= 4 is 39.4 Å². The molecule has 0 aliphatic carbocycles. The normalized spacial score (nSPS) is 14.4. The van der Waals surface area contributed by atoms with Crippen molar-refractivity contribution in [3.63, 3.8) is 0 Å². The zero-order valence-corrected chi connectivity index (χ0v) is 25.0. The highest BCUT2D eigenvalue weighted by molar-refractivity contribution is 7.99. The van der Waals surface area contributed by atoms with Gasteiger partial charge in [0.05, 0.1) is 29.3 Å². The quantitative estimate of drug-likeness (QED) is 0.342. The second-order valence-electron chi connectivity index (χ2n) is 9.73. The third kappa shape index (κ3) is 9.44. The molecule has 2 heterocycles. The predicted octanol–water partition coefficient (Wildman–Crippen LogP) is 3.79. The molecular weight excluding hydrogens is 595 g/mol. The van der Waals surface area contributed by atoms with E-state index in [4.69, 9.17) is 9.90 Å².